The Morgan fingerprint density at radius 1 is 1.36 bits per heavy atom. The number of carbonyl (C=O) groups excluding carboxylic acids is 1. The molecule has 25 heavy (non-hydrogen) atoms. The number of nitrogens with one attached hydrogen (secondary N) is 1. The number of hydrogen-bond acceptors (Lipinski definition) is 4. The summed E-state index contributed by atoms with van der Waals surface area (Å²) in [7, 11) is 0. The summed E-state index contributed by atoms with van der Waals surface area (Å²) in [6.45, 7) is -1.41. The van der Waals surface area contributed by atoms with E-state index in [1.165, 1.54) is 25.3 Å². The molecule has 2 heterocycles. The molecular weight excluding hydrogens is 379 g/mol. The van der Waals surface area contributed by atoms with Crippen molar-refractivity contribution < 1.29 is 22.7 Å². The number of ether oxygens (including phenoxy) is 1. The maximum Gasteiger partial charge on any atom is 0.344 e. The number of anilines is 1. The van der Waals surface area contributed by atoms with Crippen molar-refractivity contribution in [1.29, 1.82) is 0 Å². The summed E-state index contributed by atoms with van der Waals surface area (Å²) in [5.41, 5.74) is 2.79. The Bertz CT molecular complexity index is 774. The van der Waals surface area contributed by atoms with Gasteiger partial charge < -0.3 is 9.15 Å². The van der Waals surface area contributed by atoms with Gasteiger partial charge in [0.1, 0.15) is 24.3 Å². The lowest BCUT2D eigenvalue weighted by Crippen LogP contribution is -2.38. The van der Waals surface area contributed by atoms with Crippen molar-refractivity contribution in [2.24, 2.45) is 0 Å². The van der Waals surface area contributed by atoms with Crippen molar-refractivity contribution >= 4 is 34.9 Å². The summed E-state index contributed by atoms with van der Waals surface area (Å²) < 4.78 is 36.7. The molecule has 1 aromatic carbocycles. The number of hydrogen-bond donors (Lipinski definition) is 1. The maximum atomic E-state index is 13.0. The summed E-state index contributed by atoms with van der Waals surface area (Å²) in [6.07, 6.45) is 0.604. The van der Waals surface area contributed by atoms with Gasteiger partial charge in [0.2, 0.25) is 0 Å². The summed E-state index contributed by atoms with van der Waals surface area (Å²) in [4.78, 5) is 12.6. The minimum atomic E-state index is -2.94. The first-order valence-corrected chi connectivity index (χ1v) is 7.95. The highest BCUT2D eigenvalue weighted by Gasteiger charge is 2.41. The van der Waals surface area contributed by atoms with Gasteiger partial charge in [-0.15, -0.1) is 0 Å². The van der Waals surface area contributed by atoms with Crippen molar-refractivity contribution in [3.8, 4) is 5.75 Å². The Labute approximate surface area is 151 Å². The number of alkyl halides is 2. The summed E-state index contributed by atoms with van der Waals surface area (Å²) in [5, 5.41) is 1.26. The Kier molecular flexibility index (Phi) is 5.03. The van der Waals surface area contributed by atoms with E-state index in [2.05, 4.69) is 5.43 Å². The van der Waals surface area contributed by atoms with Gasteiger partial charge in [0.15, 0.2) is 0 Å². The maximum absolute atomic E-state index is 13.0. The van der Waals surface area contributed by atoms with Crippen LogP contribution in [0.25, 0.3) is 0 Å². The van der Waals surface area contributed by atoms with Crippen molar-refractivity contribution in [3.05, 3.63) is 46.3 Å². The summed E-state index contributed by atoms with van der Waals surface area (Å²) in [5.74, 6) is 0.802. The smallest absolute Gasteiger partial charge is 0.344 e. The fourth-order valence-corrected chi connectivity index (χ4v) is 2.88. The topological polar surface area (TPSA) is 58.0 Å². The molecule has 10 heteroatoms. The second-order valence-electron chi connectivity index (χ2n) is 5.21. The third-order valence-corrected chi connectivity index (χ3v) is 4.15. The monoisotopic (exact) mass is 391 g/mol. The van der Waals surface area contributed by atoms with Crippen molar-refractivity contribution in [1.82, 2.24) is 10.3 Å². The van der Waals surface area contributed by atoms with Crippen LogP contribution in [-0.4, -0.2) is 23.6 Å². The molecule has 1 N–H and O–H groups in total. The largest absolute Gasteiger partial charge is 0.484 e. The van der Waals surface area contributed by atoms with Gasteiger partial charge in [0, 0.05) is 6.07 Å². The lowest BCUT2D eigenvalue weighted by Gasteiger charge is -2.19. The van der Waals surface area contributed by atoms with Crippen molar-refractivity contribution in [2.45, 2.75) is 26.2 Å². The van der Waals surface area contributed by atoms with Crippen molar-refractivity contribution in [3.63, 3.8) is 0 Å². The molecule has 1 saturated heterocycles. The molecule has 2 amide bonds. The highest BCUT2D eigenvalue weighted by Crippen LogP contribution is 2.38. The second-order valence-corrected chi connectivity index (χ2v) is 6.02. The number of urea groups is 1. The number of hydrazine groups is 1. The number of amides is 2. The standard InChI is InChI=1S/C15H13Cl2F2N3O3/c1-8-20-22(15(23)21(8)14(18)19)12-6-13(11(17)5-10(12)16)25-7-9-3-2-4-24-9/h2-6,8,14,20H,7H2,1H3. The zero-order chi connectivity index (χ0) is 18.1. The molecule has 1 aromatic heterocycles. The van der Waals surface area contributed by atoms with Crippen LogP contribution in [0.15, 0.2) is 34.9 Å². The van der Waals surface area contributed by atoms with E-state index in [1.807, 2.05) is 0 Å². The molecule has 1 unspecified atom stereocenters. The number of nitrogens with zero attached hydrogens (tertiary/aromatic N) is 2. The molecule has 134 valence electrons. The van der Waals surface area contributed by atoms with E-state index in [4.69, 9.17) is 32.4 Å². The fraction of sp³-hybridized carbons (Fsp3) is 0.267. The molecule has 1 atom stereocenters. The molecule has 0 saturated carbocycles. The Morgan fingerprint density at radius 3 is 2.72 bits per heavy atom. The van der Waals surface area contributed by atoms with Crippen molar-refractivity contribution in [2.75, 3.05) is 5.01 Å². The van der Waals surface area contributed by atoms with Gasteiger partial charge in [-0.2, -0.15) is 8.78 Å². The van der Waals surface area contributed by atoms with Gasteiger partial charge in [-0.05, 0) is 25.1 Å². The first-order valence-electron chi connectivity index (χ1n) is 7.19. The van der Waals surface area contributed by atoms with Crippen LogP contribution in [0.5, 0.6) is 5.75 Å². The van der Waals surface area contributed by atoms with Crippen LogP contribution >= 0.6 is 23.2 Å². The molecular formula is C15H13Cl2F2N3O3. The normalized spacial score (nSPS) is 17.7. The first kappa shape index (κ1) is 17.8. The van der Waals surface area contributed by atoms with Crippen LogP contribution in [0.4, 0.5) is 19.3 Å². The number of carbonyl (C=O) groups is 1. The van der Waals surface area contributed by atoms with E-state index >= 15 is 0 Å². The summed E-state index contributed by atoms with van der Waals surface area (Å²) >= 11 is 12.2. The predicted octanol–water partition coefficient (Wildman–Crippen LogP) is 4.48. The predicted molar refractivity (Wildman–Crippen MR) is 87.8 cm³/mol. The molecule has 6 nitrogen and oxygen atoms in total. The van der Waals surface area contributed by atoms with E-state index < -0.39 is 18.7 Å². The molecule has 0 radical (unpaired) electrons. The van der Waals surface area contributed by atoms with Crippen LogP contribution in [0, 0.1) is 0 Å². The molecule has 2 aromatic rings. The zero-order valence-corrected chi connectivity index (χ0v) is 14.4. The van der Waals surface area contributed by atoms with Gasteiger partial charge >= 0.3 is 12.6 Å². The van der Waals surface area contributed by atoms with Gasteiger partial charge in [-0.25, -0.2) is 20.1 Å². The highest BCUT2D eigenvalue weighted by atomic mass is 35.5. The number of benzene rings is 1. The Hall–Kier alpha value is -2.03. The summed E-state index contributed by atoms with van der Waals surface area (Å²) in [6, 6.07) is 5.28. The van der Waals surface area contributed by atoms with Gasteiger partial charge in [-0.1, -0.05) is 23.2 Å². The number of rotatable bonds is 5. The molecule has 1 aliphatic heterocycles. The molecule has 0 bridgehead atoms. The minimum Gasteiger partial charge on any atom is -0.484 e. The zero-order valence-electron chi connectivity index (χ0n) is 12.9. The SMILES string of the molecule is CC1NN(c2cc(OCc3ccco3)c(Cl)cc2Cl)C(=O)N1C(F)F. The lowest BCUT2D eigenvalue weighted by atomic mass is 10.3. The van der Waals surface area contributed by atoms with Crippen LogP contribution in [0.1, 0.15) is 12.7 Å². The van der Waals surface area contributed by atoms with Crippen LogP contribution in [0.2, 0.25) is 10.0 Å². The third-order valence-electron chi connectivity index (χ3n) is 3.55. The Balaban J connectivity index is 1.86. The number of furan rings is 1. The highest BCUT2D eigenvalue weighted by molar-refractivity contribution is 6.37. The van der Waals surface area contributed by atoms with E-state index in [-0.39, 0.29) is 28.1 Å². The van der Waals surface area contributed by atoms with Gasteiger partial charge in [0.25, 0.3) is 0 Å². The molecule has 3 rings (SSSR count). The van der Waals surface area contributed by atoms with E-state index in [0.29, 0.717) is 10.7 Å². The molecule has 1 aliphatic rings. The third kappa shape index (κ3) is 3.51. The fourth-order valence-electron chi connectivity index (χ4n) is 2.35. The quantitative estimate of drug-likeness (QED) is 0.763. The lowest BCUT2D eigenvalue weighted by molar-refractivity contribution is -0.00783. The molecule has 0 spiro atoms. The van der Waals surface area contributed by atoms with Gasteiger partial charge in [0.05, 0.1) is 22.0 Å². The second kappa shape index (κ2) is 7.07. The average molecular weight is 392 g/mol. The minimum absolute atomic E-state index is 0.106. The van der Waals surface area contributed by atoms with Crippen LogP contribution in [0.3, 0.4) is 0 Å². The van der Waals surface area contributed by atoms with E-state index in [0.717, 1.165) is 5.01 Å². The average Bonchev–Trinajstić information content (AvgIpc) is 3.14. The number of halogens is 4. The Morgan fingerprint density at radius 2 is 2.12 bits per heavy atom. The molecule has 0 aliphatic carbocycles. The van der Waals surface area contributed by atoms with Crippen LogP contribution < -0.4 is 15.2 Å². The van der Waals surface area contributed by atoms with Crippen LogP contribution in [-0.2, 0) is 6.61 Å². The van der Waals surface area contributed by atoms with E-state index in [9.17, 15) is 13.6 Å². The molecule has 1 fully saturated rings. The van der Waals surface area contributed by atoms with E-state index in [1.54, 1.807) is 12.1 Å². The van der Waals surface area contributed by atoms with Gasteiger partial charge in [-0.3, -0.25) is 0 Å². The first-order chi connectivity index (χ1) is 11.9.